The highest BCUT2D eigenvalue weighted by molar-refractivity contribution is 5.95. The summed E-state index contributed by atoms with van der Waals surface area (Å²) in [5.74, 6) is 0.461. The molecule has 1 saturated heterocycles. The Hall–Kier alpha value is -2.34. The summed E-state index contributed by atoms with van der Waals surface area (Å²) < 4.78 is 7.47. The lowest BCUT2D eigenvalue weighted by Crippen LogP contribution is -2.43. The van der Waals surface area contributed by atoms with Crippen molar-refractivity contribution < 1.29 is 9.53 Å². The third-order valence-corrected chi connectivity index (χ3v) is 4.19. The Labute approximate surface area is 142 Å². The van der Waals surface area contributed by atoms with Crippen molar-refractivity contribution in [2.24, 2.45) is 5.73 Å². The number of ether oxygens (including phenoxy) is 1. The topological polar surface area (TPSA) is 73.4 Å². The van der Waals surface area contributed by atoms with E-state index < -0.39 is 0 Å². The molecule has 6 heteroatoms. The largest absolute Gasteiger partial charge is 0.489 e. The average Bonchev–Trinajstić information content (AvgIpc) is 3.05. The van der Waals surface area contributed by atoms with Gasteiger partial charge in [-0.2, -0.15) is 5.10 Å². The second-order valence-corrected chi connectivity index (χ2v) is 6.10. The van der Waals surface area contributed by atoms with Gasteiger partial charge in [0, 0.05) is 19.1 Å². The summed E-state index contributed by atoms with van der Waals surface area (Å²) >= 11 is 0. The molecule has 1 aromatic heterocycles. The summed E-state index contributed by atoms with van der Waals surface area (Å²) in [5, 5.41) is 4.50. The van der Waals surface area contributed by atoms with E-state index in [4.69, 9.17) is 10.5 Å². The molecule has 24 heavy (non-hydrogen) atoms. The standard InChI is InChI=1S/C18H24N4O2/c1-2-12-24-16-13-22(15-6-4-3-5-7-15)20-17(16)18(23)21-10-8-14(19)9-11-21/h3-7,13-14H,2,8-12,19H2,1H3. The zero-order chi connectivity index (χ0) is 16.9. The summed E-state index contributed by atoms with van der Waals surface area (Å²) in [5.41, 5.74) is 7.21. The van der Waals surface area contributed by atoms with Gasteiger partial charge in [-0.3, -0.25) is 4.79 Å². The van der Waals surface area contributed by atoms with Crippen molar-refractivity contribution in [2.45, 2.75) is 32.2 Å². The van der Waals surface area contributed by atoms with Crippen LogP contribution >= 0.6 is 0 Å². The van der Waals surface area contributed by atoms with E-state index in [0.29, 0.717) is 31.1 Å². The highest BCUT2D eigenvalue weighted by Gasteiger charge is 2.27. The van der Waals surface area contributed by atoms with Gasteiger partial charge < -0.3 is 15.4 Å². The molecule has 0 radical (unpaired) electrons. The number of piperidine rings is 1. The molecule has 0 bridgehead atoms. The maximum absolute atomic E-state index is 12.9. The summed E-state index contributed by atoms with van der Waals surface area (Å²) in [6.45, 7) is 3.94. The van der Waals surface area contributed by atoms with E-state index in [1.54, 1.807) is 10.9 Å². The first kappa shape index (κ1) is 16.5. The maximum Gasteiger partial charge on any atom is 0.278 e. The highest BCUT2D eigenvalue weighted by Crippen LogP contribution is 2.23. The first-order valence-electron chi connectivity index (χ1n) is 8.51. The third kappa shape index (κ3) is 3.59. The molecule has 3 rings (SSSR count). The van der Waals surface area contributed by atoms with Gasteiger partial charge in [0.2, 0.25) is 0 Å². The van der Waals surface area contributed by atoms with Crippen molar-refractivity contribution in [1.29, 1.82) is 0 Å². The second kappa shape index (κ2) is 7.49. The molecule has 128 valence electrons. The van der Waals surface area contributed by atoms with Gasteiger partial charge in [-0.05, 0) is 31.4 Å². The normalized spacial score (nSPS) is 15.5. The Kier molecular flexibility index (Phi) is 5.15. The van der Waals surface area contributed by atoms with E-state index in [-0.39, 0.29) is 11.9 Å². The molecule has 0 saturated carbocycles. The number of benzene rings is 1. The number of para-hydroxylation sites is 1. The number of hydrogen-bond donors (Lipinski definition) is 1. The Balaban J connectivity index is 1.87. The zero-order valence-electron chi connectivity index (χ0n) is 14.0. The number of nitrogens with two attached hydrogens (primary N) is 1. The minimum Gasteiger partial charge on any atom is -0.489 e. The molecule has 0 aliphatic carbocycles. The van der Waals surface area contributed by atoms with Crippen LogP contribution < -0.4 is 10.5 Å². The number of hydrogen-bond acceptors (Lipinski definition) is 4. The molecular formula is C18H24N4O2. The van der Waals surface area contributed by atoms with Crippen LogP contribution in [0.2, 0.25) is 0 Å². The smallest absolute Gasteiger partial charge is 0.278 e. The lowest BCUT2D eigenvalue weighted by molar-refractivity contribution is 0.0704. The van der Waals surface area contributed by atoms with Crippen molar-refractivity contribution in [3.63, 3.8) is 0 Å². The van der Waals surface area contributed by atoms with Crippen LogP contribution in [0.25, 0.3) is 5.69 Å². The molecule has 1 fully saturated rings. The van der Waals surface area contributed by atoms with Crippen LogP contribution in [-0.4, -0.2) is 46.3 Å². The van der Waals surface area contributed by atoms with Gasteiger partial charge in [0.15, 0.2) is 11.4 Å². The van der Waals surface area contributed by atoms with Crippen molar-refractivity contribution in [3.05, 3.63) is 42.2 Å². The van der Waals surface area contributed by atoms with Gasteiger partial charge in [-0.25, -0.2) is 4.68 Å². The predicted octanol–water partition coefficient (Wildman–Crippen LogP) is 2.22. The second-order valence-electron chi connectivity index (χ2n) is 6.10. The molecule has 1 aliphatic rings. The van der Waals surface area contributed by atoms with E-state index in [1.165, 1.54) is 0 Å². The Morgan fingerprint density at radius 1 is 1.29 bits per heavy atom. The number of nitrogens with zero attached hydrogens (tertiary/aromatic N) is 3. The van der Waals surface area contributed by atoms with Crippen molar-refractivity contribution in [1.82, 2.24) is 14.7 Å². The quantitative estimate of drug-likeness (QED) is 0.913. The lowest BCUT2D eigenvalue weighted by atomic mass is 10.1. The first-order chi connectivity index (χ1) is 11.7. The molecule has 0 atom stereocenters. The van der Waals surface area contributed by atoms with Crippen LogP contribution in [0.3, 0.4) is 0 Å². The monoisotopic (exact) mass is 328 g/mol. The molecule has 6 nitrogen and oxygen atoms in total. The fourth-order valence-corrected chi connectivity index (χ4v) is 2.79. The number of amides is 1. The van der Waals surface area contributed by atoms with Crippen LogP contribution in [0.15, 0.2) is 36.5 Å². The summed E-state index contributed by atoms with van der Waals surface area (Å²) in [7, 11) is 0. The third-order valence-electron chi connectivity index (χ3n) is 4.19. The molecule has 1 aliphatic heterocycles. The average molecular weight is 328 g/mol. The fraction of sp³-hybridized carbons (Fsp3) is 0.444. The number of aromatic nitrogens is 2. The van der Waals surface area contributed by atoms with Gasteiger partial charge >= 0.3 is 0 Å². The predicted molar refractivity (Wildman–Crippen MR) is 92.5 cm³/mol. The maximum atomic E-state index is 12.9. The van der Waals surface area contributed by atoms with Gasteiger partial charge in [-0.1, -0.05) is 25.1 Å². The molecule has 2 aromatic rings. The van der Waals surface area contributed by atoms with E-state index in [9.17, 15) is 4.79 Å². The van der Waals surface area contributed by atoms with Gasteiger partial charge in [-0.15, -0.1) is 0 Å². The molecule has 2 heterocycles. The summed E-state index contributed by atoms with van der Waals surface area (Å²) in [6.07, 6.45) is 4.32. The Bertz CT molecular complexity index is 676. The Morgan fingerprint density at radius 3 is 2.67 bits per heavy atom. The van der Waals surface area contributed by atoms with Crippen molar-refractivity contribution >= 4 is 5.91 Å². The molecule has 2 N–H and O–H groups in total. The fourth-order valence-electron chi connectivity index (χ4n) is 2.79. The minimum absolute atomic E-state index is 0.0808. The summed E-state index contributed by atoms with van der Waals surface area (Å²) in [4.78, 5) is 14.7. The molecule has 1 aromatic carbocycles. The zero-order valence-corrected chi connectivity index (χ0v) is 14.0. The molecule has 1 amide bonds. The van der Waals surface area contributed by atoms with Crippen LogP contribution in [0.5, 0.6) is 5.75 Å². The van der Waals surface area contributed by atoms with Gasteiger partial charge in [0.05, 0.1) is 18.5 Å². The Morgan fingerprint density at radius 2 is 2.00 bits per heavy atom. The van der Waals surface area contributed by atoms with Gasteiger partial charge in [0.25, 0.3) is 5.91 Å². The molecular weight excluding hydrogens is 304 g/mol. The lowest BCUT2D eigenvalue weighted by Gasteiger charge is -2.29. The minimum atomic E-state index is -0.0808. The highest BCUT2D eigenvalue weighted by atomic mass is 16.5. The SMILES string of the molecule is CCCOc1cn(-c2ccccc2)nc1C(=O)N1CCC(N)CC1. The van der Waals surface area contributed by atoms with Crippen LogP contribution in [0.4, 0.5) is 0 Å². The van der Waals surface area contributed by atoms with E-state index >= 15 is 0 Å². The van der Waals surface area contributed by atoms with Crippen molar-refractivity contribution in [2.75, 3.05) is 19.7 Å². The number of carbonyl (C=O) groups is 1. The number of rotatable bonds is 5. The first-order valence-corrected chi connectivity index (χ1v) is 8.51. The summed E-state index contributed by atoms with van der Waals surface area (Å²) in [6, 6.07) is 9.92. The van der Waals surface area contributed by atoms with Gasteiger partial charge in [0.1, 0.15) is 0 Å². The number of likely N-dealkylation sites (tertiary alicyclic amines) is 1. The van der Waals surface area contributed by atoms with E-state index in [0.717, 1.165) is 24.9 Å². The van der Waals surface area contributed by atoms with E-state index in [2.05, 4.69) is 5.10 Å². The number of carbonyl (C=O) groups excluding carboxylic acids is 1. The molecule has 0 spiro atoms. The molecule has 0 unspecified atom stereocenters. The van der Waals surface area contributed by atoms with Crippen LogP contribution in [0.1, 0.15) is 36.7 Å². The van der Waals surface area contributed by atoms with Crippen LogP contribution in [0, 0.1) is 0 Å². The van der Waals surface area contributed by atoms with Crippen molar-refractivity contribution in [3.8, 4) is 11.4 Å². The van der Waals surface area contributed by atoms with Crippen LogP contribution in [-0.2, 0) is 0 Å². The van der Waals surface area contributed by atoms with E-state index in [1.807, 2.05) is 42.2 Å².